The summed E-state index contributed by atoms with van der Waals surface area (Å²) in [4.78, 5) is 26.9. The number of nitrogens with zero attached hydrogens (tertiary/aromatic N) is 1. The first-order valence-electron chi connectivity index (χ1n) is 9.41. The maximum Gasteiger partial charge on any atom is 0.261 e. The van der Waals surface area contributed by atoms with E-state index in [9.17, 15) is 9.59 Å². The lowest BCUT2D eigenvalue weighted by atomic mass is 10.1. The molecule has 0 saturated heterocycles. The second-order valence-electron chi connectivity index (χ2n) is 6.92. The molecule has 0 aliphatic carbocycles. The van der Waals surface area contributed by atoms with E-state index in [1.807, 2.05) is 39.0 Å². The Morgan fingerprint density at radius 1 is 1.07 bits per heavy atom. The third-order valence-corrected chi connectivity index (χ3v) is 5.27. The van der Waals surface area contributed by atoms with Crippen LogP contribution in [0.25, 0.3) is 0 Å². The Morgan fingerprint density at radius 2 is 1.72 bits per heavy atom. The van der Waals surface area contributed by atoms with Crippen LogP contribution in [0, 0.1) is 13.8 Å². The summed E-state index contributed by atoms with van der Waals surface area (Å²) in [6.07, 6.45) is 0.469. The number of aryl methyl sites for hydroxylation is 2. The minimum absolute atomic E-state index is 0.169. The molecule has 29 heavy (non-hydrogen) atoms. The molecule has 2 rings (SSSR count). The van der Waals surface area contributed by atoms with Crippen LogP contribution in [0.3, 0.4) is 0 Å². The second-order valence-corrected chi connectivity index (χ2v) is 7.73. The smallest absolute Gasteiger partial charge is 0.261 e. The van der Waals surface area contributed by atoms with Crippen LogP contribution in [0.2, 0.25) is 10.0 Å². The van der Waals surface area contributed by atoms with E-state index in [-0.39, 0.29) is 25.0 Å². The maximum atomic E-state index is 13.0. The van der Waals surface area contributed by atoms with Crippen molar-refractivity contribution in [1.82, 2.24) is 10.2 Å². The Kier molecular flexibility index (Phi) is 8.35. The SMILES string of the molecule is CC[C@H](C(=O)NC)N(Cc1ccc(Cl)c(Cl)c1)C(=O)COc1cc(C)cc(C)c1. The van der Waals surface area contributed by atoms with E-state index in [1.165, 1.54) is 4.90 Å². The first kappa shape index (κ1) is 23.0. The number of carbonyl (C=O) groups excluding carboxylic acids is 2. The van der Waals surface area contributed by atoms with Crippen molar-refractivity contribution in [3.05, 3.63) is 63.1 Å². The molecular weight excluding hydrogens is 411 g/mol. The Labute approximate surface area is 181 Å². The Bertz CT molecular complexity index is 866. The predicted octanol–water partition coefficient (Wildman–Crippen LogP) is 4.54. The fraction of sp³-hybridized carbons (Fsp3) is 0.364. The monoisotopic (exact) mass is 436 g/mol. The molecule has 2 amide bonds. The minimum atomic E-state index is -0.621. The highest BCUT2D eigenvalue weighted by Crippen LogP contribution is 2.24. The molecule has 0 spiro atoms. The molecule has 1 N–H and O–H groups in total. The molecule has 1 atom stereocenters. The molecule has 7 heteroatoms. The van der Waals surface area contributed by atoms with Gasteiger partial charge in [-0.15, -0.1) is 0 Å². The van der Waals surface area contributed by atoms with Crippen molar-refractivity contribution < 1.29 is 14.3 Å². The van der Waals surface area contributed by atoms with Gasteiger partial charge in [0.05, 0.1) is 10.0 Å². The quantitative estimate of drug-likeness (QED) is 0.660. The van der Waals surface area contributed by atoms with Gasteiger partial charge in [0.2, 0.25) is 5.91 Å². The maximum absolute atomic E-state index is 13.0. The third kappa shape index (κ3) is 6.38. The number of amides is 2. The lowest BCUT2D eigenvalue weighted by Crippen LogP contribution is -2.49. The zero-order valence-corrected chi connectivity index (χ0v) is 18.6. The molecular formula is C22H26Cl2N2O3. The van der Waals surface area contributed by atoms with E-state index in [4.69, 9.17) is 27.9 Å². The first-order valence-corrected chi connectivity index (χ1v) is 10.2. The Balaban J connectivity index is 2.23. The largest absolute Gasteiger partial charge is 0.484 e. The lowest BCUT2D eigenvalue weighted by Gasteiger charge is -2.30. The highest BCUT2D eigenvalue weighted by Gasteiger charge is 2.28. The average Bonchev–Trinajstić information content (AvgIpc) is 2.67. The van der Waals surface area contributed by atoms with Crippen LogP contribution < -0.4 is 10.1 Å². The number of benzene rings is 2. The van der Waals surface area contributed by atoms with Crippen LogP contribution in [0.15, 0.2) is 36.4 Å². The number of hydrogen-bond acceptors (Lipinski definition) is 3. The van der Waals surface area contributed by atoms with Gasteiger partial charge in [-0.2, -0.15) is 0 Å². The van der Waals surface area contributed by atoms with Crippen LogP contribution in [0.1, 0.15) is 30.0 Å². The van der Waals surface area contributed by atoms with Gasteiger partial charge in [0.15, 0.2) is 6.61 Å². The minimum Gasteiger partial charge on any atom is -0.484 e. The number of nitrogens with one attached hydrogen (secondary N) is 1. The molecule has 156 valence electrons. The molecule has 0 aliphatic heterocycles. The highest BCUT2D eigenvalue weighted by molar-refractivity contribution is 6.42. The van der Waals surface area contributed by atoms with Crippen molar-refractivity contribution in [2.24, 2.45) is 0 Å². The molecule has 0 radical (unpaired) electrons. The van der Waals surface area contributed by atoms with Gasteiger partial charge in [-0.1, -0.05) is 42.3 Å². The van der Waals surface area contributed by atoms with Gasteiger partial charge in [-0.25, -0.2) is 0 Å². The number of likely N-dealkylation sites (N-methyl/N-ethyl adjacent to an activating group) is 1. The molecule has 0 heterocycles. The van der Waals surface area contributed by atoms with Gasteiger partial charge in [0.25, 0.3) is 5.91 Å². The van der Waals surface area contributed by atoms with Gasteiger partial charge >= 0.3 is 0 Å². The van der Waals surface area contributed by atoms with Gasteiger partial charge in [0.1, 0.15) is 11.8 Å². The molecule has 0 aliphatic rings. The molecule has 2 aromatic carbocycles. The topological polar surface area (TPSA) is 58.6 Å². The summed E-state index contributed by atoms with van der Waals surface area (Å²) in [7, 11) is 1.55. The van der Waals surface area contributed by atoms with E-state index in [2.05, 4.69) is 5.32 Å². The van der Waals surface area contributed by atoms with Crippen molar-refractivity contribution in [1.29, 1.82) is 0 Å². The van der Waals surface area contributed by atoms with Crippen LogP contribution in [0.5, 0.6) is 5.75 Å². The van der Waals surface area contributed by atoms with Crippen molar-refractivity contribution >= 4 is 35.0 Å². The summed E-state index contributed by atoms with van der Waals surface area (Å²) in [5, 5.41) is 3.46. The van der Waals surface area contributed by atoms with Gasteiger partial charge in [-0.3, -0.25) is 9.59 Å². The molecule has 0 unspecified atom stereocenters. The summed E-state index contributed by atoms with van der Waals surface area (Å²) in [5.41, 5.74) is 2.88. The van der Waals surface area contributed by atoms with E-state index in [1.54, 1.807) is 25.2 Å². The normalized spacial score (nSPS) is 11.7. The van der Waals surface area contributed by atoms with E-state index < -0.39 is 6.04 Å². The summed E-state index contributed by atoms with van der Waals surface area (Å²) < 4.78 is 5.73. The van der Waals surface area contributed by atoms with Gasteiger partial charge < -0.3 is 15.0 Å². The Hall–Kier alpha value is -2.24. The molecule has 5 nitrogen and oxygen atoms in total. The fourth-order valence-electron chi connectivity index (χ4n) is 3.17. The molecule has 0 bridgehead atoms. The van der Waals surface area contributed by atoms with Crippen molar-refractivity contribution in [2.45, 2.75) is 39.8 Å². The fourth-order valence-corrected chi connectivity index (χ4v) is 3.49. The van der Waals surface area contributed by atoms with Crippen LogP contribution in [-0.4, -0.2) is 36.4 Å². The van der Waals surface area contributed by atoms with E-state index >= 15 is 0 Å². The second kappa shape index (κ2) is 10.5. The Morgan fingerprint density at radius 3 is 2.28 bits per heavy atom. The number of hydrogen-bond donors (Lipinski definition) is 1. The van der Waals surface area contributed by atoms with Crippen molar-refractivity contribution in [3.63, 3.8) is 0 Å². The van der Waals surface area contributed by atoms with E-state index in [0.29, 0.717) is 22.2 Å². The number of rotatable bonds is 8. The van der Waals surface area contributed by atoms with Crippen LogP contribution >= 0.6 is 23.2 Å². The molecule has 0 fully saturated rings. The molecule has 2 aromatic rings. The van der Waals surface area contributed by atoms with E-state index in [0.717, 1.165) is 16.7 Å². The predicted molar refractivity (Wildman–Crippen MR) is 117 cm³/mol. The zero-order chi connectivity index (χ0) is 21.6. The summed E-state index contributed by atoms with van der Waals surface area (Å²) in [5.74, 6) is 0.108. The molecule has 0 saturated carbocycles. The number of carbonyl (C=O) groups is 2. The first-order chi connectivity index (χ1) is 13.7. The molecule has 0 aromatic heterocycles. The van der Waals surface area contributed by atoms with Crippen molar-refractivity contribution in [2.75, 3.05) is 13.7 Å². The summed E-state index contributed by atoms with van der Waals surface area (Å²) >= 11 is 12.1. The number of halogens is 2. The third-order valence-electron chi connectivity index (χ3n) is 4.53. The number of ether oxygens (including phenoxy) is 1. The van der Waals surface area contributed by atoms with Gasteiger partial charge in [0, 0.05) is 13.6 Å². The van der Waals surface area contributed by atoms with Gasteiger partial charge in [-0.05, 0) is 61.2 Å². The highest BCUT2D eigenvalue weighted by atomic mass is 35.5. The average molecular weight is 437 g/mol. The summed E-state index contributed by atoms with van der Waals surface area (Å²) in [6.45, 7) is 5.85. The van der Waals surface area contributed by atoms with Crippen molar-refractivity contribution in [3.8, 4) is 5.75 Å². The lowest BCUT2D eigenvalue weighted by molar-refractivity contribution is -0.142. The van der Waals surface area contributed by atoms with Crippen LogP contribution in [0.4, 0.5) is 0 Å². The standard InChI is InChI=1S/C22H26Cl2N2O3/c1-5-20(22(28)25-4)26(12-16-6-7-18(23)19(24)11-16)21(27)13-29-17-9-14(2)8-15(3)10-17/h6-11,20H,5,12-13H2,1-4H3,(H,25,28)/t20-/m1/s1. The zero-order valence-electron chi connectivity index (χ0n) is 17.1. The summed E-state index contributed by atoms with van der Waals surface area (Å²) in [6, 6.07) is 10.3. The van der Waals surface area contributed by atoms with Crippen LogP contribution in [-0.2, 0) is 16.1 Å².